The molecule has 1 aromatic rings. The van der Waals surface area contributed by atoms with E-state index in [2.05, 4.69) is 38.0 Å². The molecule has 0 aromatic carbocycles. The van der Waals surface area contributed by atoms with Gasteiger partial charge in [0.05, 0.1) is 17.9 Å². The molecule has 0 radical (unpaired) electrons. The number of ether oxygens (including phenoxy) is 2. The molecule has 21 heavy (non-hydrogen) atoms. The first kappa shape index (κ1) is 16.2. The summed E-state index contributed by atoms with van der Waals surface area (Å²) in [6.07, 6.45) is 2.59. The molecule has 1 saturated heterocycles. The molecule has 0 spiro atoms. The minimum Gasteiger partial charge on any atom is -0.474 e. The maximum Gasteiger partial charge on any atom is 0.213 e. The molecule has 1 aliphatic rings. The third-order valence-electron chi connectivity index (χ3n) is 3.58. The van der Waals surface area contributed by atoms with Gasteiger partial charge in [-0.3, -0.25) is 0 Å². The van der Waals surface area contributed by atoms with Crippen molar-refractivity contribution in [1.82, 2.24) is 10.3 Å². The Morgan fingerprint density at radius 3 is 2.67 bits per heavy atom. The molecule has 0 saturated carbocycles. The lowest BCUT2D eigenvalue weighted by Gasteiger charge is -2.31. The lowest BCUT2D eigenvalue weighted by atomic mass is 10.0. The number of hydrogen-bond acceptors (Lipinski definition) is 4. The second-order valence-corrected chi connectivity index (χ2v) is 6.46. The summed E-state index contributed by atoms with van der Waals surface area (Å²) in [6, 6.07) is 5.99. The van der Waals surface area contributed by atoms with E-state index < -0.39 is 0 Å². The molecular weight excluding hydrogens is 264 g/mol. The first-order valence-electron chi connectivity index (χ1n) is 8.01. The Labute approximate surface area is 128 Å². The Kier molecular flexibility index (Phi) is 6.00. The van der Waals surface area contributed by atoms with Gasteiger partial charge in [0.1, 0.15) is 6.10 Å². The van der Waals surface area contributed by atoms with Crippen LogP contribution >= 0.6 is 0 Å². The summed E-state index contributed by atoms with van der Waals surface area (Å²) in [4.78, 5) is 4.59. The fraction of sp³-hybridized carbons (Fsp3) is 0.706. The molecule has 4 nitrogen and oxygen atoms in total. The molecule has 1 fully saturated rings. The average Bonchev–Trinajstić information content (AvgIpc) is 2.37. The minimum absolute atomic E-state index is 0.204. The van der Waals surface area contributed by atoms with Crippen LogP contribution in [0.3, 0.4) is 0 Å². The van der Waals surface area contributed by atoms with E-state index in [4.69, 9.17) is 9.47 Å². The average molecular weight is 292 g/mol. The highest BCUT2D eigenvalue weighted by atomic mass is 16.5. The van der Waals surface area contributed by atoms with Gasteiger partial charge in [0.15, 0.2) is 0 Å². The zero-order valence-corrected chi connectivity index (χ0v) is 13.6. The monoisotopic (exact) mass is 292 g/mol. The zero-order valence-electron chi connectivity index (χ0n) is 13.6. The fourth-order valence-electron chi connectivity index (χ4n) is 2.72. The predicted molar refractivity (Wildman–Crippen MR) is 84.4 cm³/mol. The number of hydrogen-bond donors (Lipinski definition) is 1. The van der Waals surface area contributed by atoms with E-state index in [9.17, 15) is 0 Å². The van der Waals surface area contributed by atoms with E-state index in [0.717, 1.165) is 37.5 Å². The van der Waals surface area contributed by atoms with Gasteiger partial charge in [-0.25, -0.2) is 4.98 Å². The van der Waals surface area contributed by atoms with Crippen molar-refractivity contribution in [1.29, 1.82) is 0 Å². The van der Waals surface area contributed by atoms with Crippen LogP contribution in [0, 0.1) is 5.92 Å². The van der Waals surface area contributed by atoms with Gasteiger partial charge in [-0.2, -0.15) is 0 Å². The molecule has 0 aliphatic carbocycles. The summed E-state index contributed by atoms with van der Waals surface area (Å²) >= 11 is 0. The summed E-state index contributed by atoms with van der Waals surface area (Å²) in [5.74, 6) is 1.37. The van der Waals surface area contributed by atoms with Crippen LogP contribution in [-0.4, -0.2) is 29.8 Å². The predicted octanol–water partition coefficient (Wildman–Crippen LogP) is 3.16. The highest BCUT2D eigenvalue weighted by Crippen LogP contribution is 2.23. The molecule has 1 N–H and O–H groups in total. The second-order valence-electron chi connectivity index (χ2n) is 6.46. The molecule has 1 aromatic heterocycles. The fourth-order valence-corrected chi connectivity index (χ4v) is 2.72. The Bertz CT molecular complexity index is 427. The highest BCUT2D eigenvalue weighted by Gasteiger charge is 2.26. The van der Waals surface area contributed by atoms with Gasteiger partial charge in [0.25, 0.3) is 0 Å². The molecule has 1 aliphatic heterocycles. The van der Waals surface area contributed by atoms with E-state index in [-0.39, 0.29) is 18.3 Å². The van der Waals surface area contributed by atoms with Gasteiger partial charge in [-0.1, -0.05) is 19.9 Å². The number of nitrogens with one attached hydrogen (secondary N) is 1. The third-order valence-corrected chi connectivity index (χ3v) is 3.58. The van der Waals surface area contributed by atoms with Gasteiger partial charge < -0.3 is 14.8 Å². The van der Waals surface area contributed by atoms with Gasteiger partial charge in [-0.05, 0) is 32.4 Å². The molecular formula is C17H28N2O2. The topological polar surface area (TPSA) is 43.4 Å². The second kappa shape index (κ2) is 7.76. The van der Waals surface area contributed by atoms with Crippen molar-refractivity contribution in [2.24, 2.45) is 5.92 Å². The SMILES string of the molecule is CC(C)CNCc1cccc(OC2CC(C)OC(C)C2)n1. The normalized spacial score (nSPS) is 26.0. The summed E-state index contributed by atoms with van der Waals surface area (Å²) in [7, 11) is 0. The Morgan fingerprint density at radius 2 is 2.00 bits per heavy atom. The van der Waals surface area contributed by atoms with Gasteiger partial charge >= 0.3 is 0 Å². The van der Waals surface area contributed by atoms with Crippen molar-refractivity contribution in [3.05, 3.63) is 23.9 Å². The quantitative estimate of drug-likeness (QED) is 0.874. The molecule has 0 amide bonds. The van der Waals surface area contributed by atoms with Crippen LogP contribution in [0.1, 0.15) is 46.2 Å². The van der Waals surface area contributed by atoms with Crippen LogP contribution in [0.4, 0.5) is 0 Å². The van der Waals surface area contributed by atoms with Crippen LogP contribution in [0.2, 0.25) is 0 Å². The van der Waals surface area contributed by atoms with Crippen LogP contribution in [0.5, 0.6) is 5.88 Å². The van der Waals surface area contributed by atoms with E-state index in [1.165, 1.54) is 0 Å². The van der Waals surface area contributed by atoms with E-state index in [0.29, 0.717) is 5.92 Å². The molecule has 2 heterocycles. The Morgan fingerprint density at radius 1 is 1.29 bits per heavy atom. The molecule has 2 rings (SSSR count). The van der Waals surface area contributed by atoms with E-state index >= 15 is 0 Å². The summed E-state index contributed by atoms with van der Waals surface area (Å²) in [5.41, 5.74) is 1.03. The lowest BCUT2D eigenvalue weighted by molar-refractivity contribution is -0.0729. The minimum atomic E-state index is 0.204. The highest BCUT2D eigenvalue weighted by molar-refractivity contribution is 5.16. The number of pyridine rings is 1. The van der Waals surface area contributed by atoms with E-state index in [1.54, 1.807) is 0 Å². The molecule has 118 valence electrons. The smallest absolute Gasteiger partial charge is 0.213 e. The van der Waals surface area contributed by atoms with Crippen LogP contribution in [0.25, 0.3) is 0 Å². The number of nitrogens with zero attached hydrogens (tertiary/aromatic N) is 1. The summed E-state index contributed by atoms with van der Waals surface area (Å²) in [5, 5.41) is 3.41. The zero-order chi connectivity index (χ0) is 15.2. The number of rotatable bonds is 6. The standard InChI is InChI=1S/C17H28N2O2/c1-12(2)10-18-11-15-6-5-7-17(19-15)21-16-8-13(3)20-14(4)9-16/h5-7,12-14,16,18H,8-11H2,1-4H3. The van der Waals surface area contributed by atoms with E-state index in [1.807, 2.05) is 18.2 Å². The number of aromatic nitrogens is 1. The van der Waals surface area contributed by atoms with Gasteiger partial charge in [-0.15, -0.1) is 0 Å². The van der Waals surface area contributed by atoms with Crippen molar-refractivity contribution >= 4 is 0 Å². The molecule has 0 bridgehead atoms. The van der Waals surface area contributed by atoms with Crippen LogP contribution in [-0.2, 0) is 11.3 Å². The lowest BCUT2D eigenvalue weighted by Crippen LogP contribution is -2.35. The third kappa shape index (κ3) is 5.64. The van der Waals surface area contributed by atoms with Crippen LogP contribution in [0.15, 0.2) is 18.2 Å². The summed E-state index contributed by atoms with van der Waals surface area (Å²) in [6.45, 7) is 10.4. The van der Waals surface area contributed by atoms with Crippen molar-refractivity contribution in [2.45, 2.75) is 65.4 Å². The first-order valence-corrected chi connectivity index (χ1v) is 8.01. The molecule has 2 atom stereocenters. The van der Waals surface area contributed by atoms with Crippen molar-refractivity contribution in [2.75, 3.05) is 6.54 Å². The largest absolute Gasteiger partial charge is 0.474 e. The maximum absolute atomic E-state index is 6.05. The maximum atomic E-state index is 6.05. The molecule has 2 unspecified atom stereocenters. The van der Waals surface area contributed by atoms with Gasteiger partial charge in [0.2, 0.25) is 5.88 Å². The molecule has 4 heteroatoms. The summed E-state index contributed by atoms with van der Waals surface area (Å²) < 4.78 is 11.8. The van der Waals surface area contributed by atoms with Crippen molar-refractivity contribution < 1.29 is 9.47 Å². The first-order chi connectivity index (χ1) is 10.0. The van der Waals surface area contributed by atoms with Crippen LogP contribution < -0.4 is 10.1 Å². The van der Waals surface area contributed by atoms with Crippen molar-refractivity contribution in [3.8, 4) is 5.88 Å². The Hall–Kier alpha value is -1.13. The van der Waals surface area contributed by atoms with Gasteiger partial charge in [0, 0.05) is 25.5 Å². The Balaban J connectivity index is 1.88. The van der Waals surface area contributed by atoms with Crippen molar-refractivity contribution in [3.63, 3.8) is 0 Å².